The van der Waals surface area contributed by atoms with E-state index in [4.69, 9.17) is 0 Å². The lowest BCUT2D eigenvalue weighted by Crippen LogP contribution is -2.08. The number of hydrogen-bond acceptors (Lipinski definition) is 2. The molecule has 4 heteroatoms. The molecule has 3 nitrogen and oxygen atoms in total. The van der Waals surface area contributed by atoms with Crippen LogP contribution in [0.1, 0.15) is 11.1 Å². The normalized spacial score (nSPS) is 11.3. The third-order valence-electron chi connectivity index (χ3n) is 3.66. The predicted molar refractivity (Wildman–Crippen MR) is 95.9 cm³/mol. The molecule has 0 fully saturated rings. The highest BCUT2D eigenvalue weighted by Crippen LogP contribution is 2.19. The minimum Gasteiger partial charge on any atom is -0.280 e. The van der Waals surface area contributed by atoms with Crippen LogP contribution in [-0.2, 0) is 16.4 Å². The number of sulfonamides is 1. The zero-order chi connectivity index (χ0) is 16.3. The van der Waals surface area contributed by atoms with Crippen LogP contribution in [0.25, 0.3) is 10.8 Å². The van der Waals surface area contributed by atoms with Crippen molar-refractivity contribution in [2.75, 3.05) is 4.72 Å². The molecule has 0 aromatic heterocycles. The molecule has 0 atom stereocenters. The molecular formula is C19H17NO2S. The van der Waals surface area contributed by atoms with Gasteiger partial charge in [-0.2, -0.15) is 0 Å². The lowest BCUT2D eigenvalue weighted by molar-refractivity contribution is 0.609. The topological polar surface area (TPSA) is 46.2 Å². The number of rotatable bonds is 5. The molecule has 0 bridgehead atoms. The summed E-state index contributed by atoms with van der Waals surface area (Å²) in [6, 6.07) is 22.1. The summed E-state index contributed by atoms with van der Waals surface area (Å²) in [6.07, 6.45) is 0.805. The zero-order valence-electron chi connectivity index (χ0n) is 12.6. The van der Waals surface area contributed by atoms with Gasteiger partial charge in [0, 0.05) is 11.1 Å². The smallest absolute Gasteiger partial charge is 0.254 e. The molecule has 3 aromatic carbocycles. The van der Waals surface area contributed by atoms with Crippen LogP contribution in [0.2, 0.25) is 0 Å². The van der Waals surface area contributed by atoms with Crippen LogP contribution in [0.4, 0.5) is 5.69 Å². The van der Waals surface area contributed by atoms with E-state index >= 15 is 0 Å². The highest BCUT2D eigenvalue weighted by atomic mass is 32.2. The Morgan fingerprint density at radius 2 is 1.52 bits per heavy atom. The molecule has 0 heterocycles. The maximum Gasteiger partial charge on any atom is 0.254 e. The van der Waals surface area contributed by atoms with Crippen molar-refractivity contribution in [1.82, 2.24) is 0 Å². The largest absolute Gasteiger partial charge is 0.280 e. The van der Waals surface area contributed by atoms with Crippen molar-refractivity contribution in [1.29, 1.82) is 0 Å². The molecule has 0 aliphatic rings. The van der Waals surface area contributed by atoms with Gasteiger partial charge in [0.2, 0.25) is 0 Å². The molecule has 0 saturated heterocycles. The summed E-state index contributed by atoms with van der Waals surface area (Å²) in [5, 5.41) is 3.35. The average Bonchev–Trinajstić information content (AvgIpc) is 2.56. The summed E-state index contributed by atoms with van der Waals surface area (Å²) in [5.74, 6) is 0. The fraction of sp³-hybridized carbons (Fsp3) is 0.0526. The monoisotopic (exact) mass is 323 g/mol. The molecular weight excluding hydrogens is 306 g/mol. The minimum atomic E-state index is -3.45. The van der Waals surface area contributed by atoms with Gasteiger partial charge in [-0.05, 0) is 40.5 Å². The average molecular weight is 323 g/mol. The van der Waals surface area contributed by atoms with E-state index in [9.17, 15) is 8.42 Å². The fourth-order valence-electron chi connectivity index (χ4n) is 2.48. The van der Waals surface area contributed by atoms with Gasteiger partial charge < -0.3 is 0 Å². The lowest BCUT2D eigenvalue weighted by atomic mass is 10.0. The Labute approximate surface area is 136 Å². The Balaban J connectivity index is 1.78. The number of anilines is 1. The van der Waals surface area contributed by atoms with Crippen molar-refractivity contribution in [2.45, 2.75) is 6.42 Å². The molecule has 0 unspecified atom stereocenters. The van der Waals surface area contributed by atoms with E-state index in [1.165, 1.54) is 16.3 Å². The highest BCUT2D eigenvalue weighted by molar-refractivity contribution is 7.95. The van der Waals surface area contributed by atoms with E-state index in [1.54, 1.807) is 12.1 Å². The van der Waals surface area contributed by atoms with Crippen LogP contribution in [0.5, 0.6) is 0 Å². The van der Waals surface area contributed by atoms with Crippen LogP contribution in [0, 0.1) is 0 Å². The first-order valence-corrected chi connectivity index (χ1v) is 8.82. The number of nitrogens with one attached hydrogen (secondary N) is 1. The Morgan fingerprint density at radius 1 is 0.870 bits per heavy atom. The predicted octanol–water partition coefficient (Wildman–Crippen LogP) is 4.32. The van der Waals surface area contributed by atoms with Gasteiger partial charge in [0.05, 0.1) is 0 Å². The van der Waals surface area contributed by atoms with Crippen LogP contribution in [0.3, 0.4) is 0 Å². The van der Waals surface area contributed by atoms with Crippen molar-refractivity contribution < 1.29 is 8.42 Å². The van der Waals surface area contributed by atoms with E-state index in [0.717, 1.165) is 17.4 Å². The van der Waals surface area contributed by atoms with Gasteiger partial charge in [0.25, 0.3) is 10.0 Å². The first kappa shape index (κ1) is 15.3. The van der Waals surface area contributed by atoms with Gasteiger partial charge in [-0.1, -0.05) is 61.2 Å². The molecule has 0 radical (unpaired) electrons. The summed E-state index contributed by atoms with van der Waals surface area (Å²) in [7, 11) is -3.45. The van der Waals surface area contributed by atoms with Crippen molar-refractivity contribution in [2.24, 2.45) is 0 Å². The second-order valence-corrected chi connectivity index (χ2v) is 7.00. The van der Waals surface area contributed by atoms with Gasteiger partial charge in [-0.25, -0.2) is 8.42 Å². The van der Waals surface area contributed by atoms with E-state index in [-0.39, 0.29) is 0 Å². The summed E-state index contributed by atoms with van der Waals surface area (Å²) in [5.41, 5.74) is 2.89. The standard InChI is InChI=1S/C19H17NO2S/c1-2-23(21,22)20-19-11-8-15(9-12-19)13-16-7-10-17-5-3-4-6-18(17)14-16/h2-12,14,20H,1,13H2. The third kappa shape index (κ3) is 3.79. The first-order valence-electron chi connectivity index (χ1n) is 7.28. The Morgan fingerprint density at radius 3 is 2.22 bits per heavy atom. The Hall–Kier alpha value is -2.59. The molecule has 1 N–H and O–H groups in total. The van der Waals surface area contributed by atoms with Gasteiger partial charge in [0.15, 0.2) is 0 Å². The first-order chi connectivity index (χ1) is 11.1. The molecule has 116 valence electrons. The van der Waals surface area contributed by atoms with Crippen molar-refractivity contribution in [3.8, 4) is 0 Å². The number of fused-ring (bicyclic) bond motifs is 1. The van der Waals surface area contributed by atoms with Gasteiger partial charge >= 0.3 is 0 Å². The van der Waals surface area contributed by atoms with Gasteiger partial charge in [-0.15, -0.1) is 0 Å². The van der Waals surface area contributed by atoms with Crippen LogP contribution >= 0.6 is 0 Å². The van der Waals surface area contributed by atoms with E-state index in [1.807, 2.05) is 24.3 Å². The maximum atomic E-state index is 11.4. The van der Waals surface area contributed by atoms with Crippen LogP contribution in [0.15, 0.2) is 78.7 Å². The maximum absolute atomic E-state index is 11.4. The van der Waals surface area contributed by atoms with E-state index < -0.39 is 10.0 Å². The summed E-state index contributed by atoms with van der Waals surface area (Å²) in [4.78, 5) is 0. The number of benzene rings is 3. The molecule has 3 rings (SSSR count). The molecule has 0 amide bonds. The Kier molecular flexibility index (Phi) is 4.17. The van der Waals surface area contributed by atoms with Crippen molar-refractivity contribution in [3.05, 3.63) is 89.8 Å². The second kappa shape index (κ2) is 6.26. The quantitative estimate of drug-likeness (QED) is 0.760. The van der Waals surface area contributed by atoms with Gasteiger partial charge in [-0.3, -0.25) is 4.72 Å². The summed E-state index contributed by atoms with van der Waals surface area (Å²) < 4.78 is 25.3. The van der Waals surface area contributed by atoms with Crippen LogP contribution in [-0.4, -0.2) is 8.42 Å². The zero-order valence-corrected chi connectivity index (χ0v) is 13.4. The van der Waals surface area contributed by atoms with Crippen LogP contribution < -0.4 is 4.72 Å². The molecule has 0 aliphatic carbocycles. The van der Waals surface area contributed by atoms with E-state index in [2.05, 4.69) is 41.6 Å². The molecule has 0 aliphatic heterocycles. The molecule has 23 heavy (non-hydrogen) atoms. The van der Waals surface area contributed by atoms with Crippen molar-refractivity contribution in [3.63, 3.8) is 0 Å². The number of hydrogen-bond donors (Lipinski definition) is 1. The molecule has 0 saturated carbocycles. The Bertz CT molecular complexity index is 945. The fourth-order valence-corrected chi connectivity index (χ4v) is 3.03. The molecule has 3 aromatic rings. The summed E-state index contributed by atoms with van der Waals surface area (Å²) >= 11 is 0. The third-order valence-corrected chi connectivity index (χ3v) is 4.61. The minimum absolute atomic E-state index is 0.534. The lowest BCUT2D eigenvalue weighted by Gasteiger charge is -2.07. The van der Waals surface area contributed by atoms with E-state index in [0.29, 0.717) is 5.69 Å². The van der Waals surface area contributed by atoms with Gasteiger partial charge in [0.1, 0.15) is 0 Å². The highest BCUT2D eigenvalue weighted by Gasteiger charge is 2.04. The second-order valence-electron chi connectivity index (χ2n) is 5.37. The summed E-state index contributed by atoms with van der Waals surface area (Å²) in [6.45, 7) is 3.28. The SMILES string of the molecule is C=CS(=O)(=O)Nc1ccc(Cc2ccc3ccccc3c2)cc1. The van der Waals surface area contributed by atoms with Crippen molar-refractivity contribution >= 4 is 26.5 Å². The molecule has 0 spiro atoms.